The minimum atomic E-state index is -5.33. The van der Waals surface area contributed by atoms with Crippen molar-refractivity contribution in [2.45, 2.75) is 6.18 Å². The fourth-order valence-electron chi connectivity index (χ4n) is 1.18. The van der Waals surface area contributed by atoms with Crippen LogP contribution in [0, 0.1) is 0 Å². The van der Waals surface area contributed by atoms with Crippen molar-refractivity contribution in [3.8, 4) is 0 Å². The summed E-state index contributed by atoms with van der Waals surface area (Å²) in [6.45, 7) is 0. The van der Waals surface area contributed by atoms with Crippen molar-refractivity contribution in [1.29, 1.82) is 0 Å². The van der Waals surface area contributed by atoms with Crippen LogP contribution in [0.2, 0.25) is 0 Å². The number of hydrogen-bond acceptors (Lipinski definition) is 2. The molecule has 2 rings (SSSR count). The van der Waals surface area contributed by atoms with E-state index >= 15 is 0 Å². The first-order chi connectivity index (χ1) is 7.89. The lowest BCUT2D eigenvalue weighted by molar-refractivity contribution is -0.108. The third-order valence-corrected chi connectivity index (χ3v) is 2.95. The second-order valence-electron chi connectivity index (χ2n) is 3.11. The number of alkyl halides is 3. The number of thiazole rings is 1. The summed E-state index contributed by atoms with van der Waals surface area (Å²) in [7, 11) is 0. The fraction of sp³-hybridized carbons (Fsp3) is 0.100. The molecule has 1 aromatic heterocycles. The Bertz CT molecular complexity index is 551. The second-order valence-corrected chi connectivity index (χ2v) is 4.14. The Labute approximate surface area is 96.2 Å². The molecule has 1 heterocycles. The topological polar surface area (TPSA) is 12.9 Å². The van der Waals surface area contributed by atoms with Crippen molar-refractivity contribution in [3.05, 3.63) is 35.1 Å². The summed E-state index contributed by atoms with van der Waals surface area (Å²) >= 11 is 0.666. The van der Waals surface area contributed by atoms with E-state index in [1.807, 2.05) is 0 Å². The average Bonchev–Trinajstić information content (AvgIpc) is 2.69. The van der Waals surface area contributed by atoms with Crippen molar-refractivity contribution >= 4 is 27.4 Å². The summed E-state index contributed by atoms with van der Waals surface area (Å²) in [6, 6.07) is 6.31. The molecular formula is C10H4F5NS. The maximum atomic E-state index is 13.2. The molecule has 0 saturated heterocycles. The van der Waals surface area contributed by atoms with Crippen molar-refractivity contribution in [1.82, 2.24) is 4.98 Å². The van der Waals surface area contributed by atoms with Gasteiger partial charge in [-0.2, -0.15) is 17.6 Å². The van der Waals surface area contributed by atoms with Gasteiger partial charge in [-0.05, 0) is 12.1 Å². The minimum absolute atomic E-state index is 0.331. The standard InChI is InChI=1S/C10H4F5NS/c11-7(8(12)10(13,14)15)9-16-5-3-1-2-4-6(5)17-9/h1-4H/b8-7-. The van der Waals surface area contributed by atoms with E-state index in [1.54, 1.807) is 18.2 Å². The Morgan fingerprint density at radius 2 is 1.76 bits per heavy atom. The maximum Gasteiger partial charge on any atom is 0.446 e. The summed E-state index contributed by atoms with van der Waals surface area (Å²) in [5.74, 6) is -4.73. The van der Waals surface area contributed by atoms with Crippen LogP contribution in [0.25, 0.3) is 16.0 Å². The Hall–Kier alpha value is -1.50. The van der Waals surface area contributed by atoms with Crippen LogP contribution in [0.5, 0.6) is 0 Å². The molecule has 0 amide bonds. The Morgan fingerprint density at radius 1 is 1.12 bits per heavy atom. The zero-order valence-corrected chi connectivity index (χ0v) is 8.87. The number of nitrogens with zero attached hydrogens (tertiary/aromatic N) is 1. The molecule has 0 aliphatic rings. The van der Waals surface area contributed by atoms with Crippen LogP contribution >= 0.6 is 11.3 Å². The molecule has 1 aromatic carbocycles. The number of aromatic nitrogens is 1. The monoisotopic (exact) mass is 265 g/mol. The van der Waals surface area contributed by atoms with Gasteiger partial charge in [0, 0.05) is 0 Å². The van der Waals surface area contributed by atoms with E-state index in [-0.39, 0.29) is 0 Å². The van der Waals surface area contributed by atoms with Gasteiger partial charge in [0.15, 0.2) is 10.8 Å². The van der Waals surface area contributed by atoms with Gasteiger partial charge in [0.1, 0.15) is 0 Å². The normalized spacial score (nSPS) is 13.9. The highest BCUT2D eigenvalue weighted by Gasteiger charge is 2.39. The van der Waals surface area contributed by atoms with Gasteiger partial charge in [0.2, 0.25) is 5.83 Å². The first-order valence-corrected chi connectivity index (χ1v) is 5.19. The van der Waals surface area contributed by atoms with E-state index < -0.39 is 22.8 Å². The van der Waals surface area contributed by atoms with Gasteiger partial charge in [-0.15, -0.1) is 11.3 Å². The first kappa shape index (κ1) is 12.0. The Kier molecular flexibility index (Phi) is 2.86. The molecule has 1 nitrogen and oxygen atoms in total. The van der Waals surface area contributed by atoms with Crippen LogP contribution in [0.15, 0.2) is 30.1 Å². The number of benzene rings is 1. The van der Waals surface area contributed by atoms with Gasteiger partial charge in [-0.3, -0.25) is 0 Å². The van der Waals surface area contributed by atoms with Crippen LogP contribution < -0.4 is 0 Å². The Morgan fingerprint density at radius 3 is 2.35 bits per heavy atom. The summed E-state index contributed by atoms with van der Waals surface area (Å²) in [5.41, 5.74) is 0.331. The lowest BCUT2D eigenvalue weighted by atomic mass is 10.3. The predicted molar refractivity (Wildman–Crippen MR) is 54.8 cm³/mol. The molecule has 0 saturated carbocycles. The molecule has 0 bridgehead atoms. The largest absolute Gasteiger partial charge is 0.446 e. The number of halogens is 5. The number of fused-ring (bicyclic) bond motifs is 1. The molecule has 17 heavy (non-hydrogen) atoms. The molecule has 0 aliphatic carbocycles. The summed E-state index contributed by atoms with van der Waals surface area (Å²) in [5, 5.41) is -0.610. The quantitative estimate of drug-likeness (QED) is 0.693. The van der Waals surface area contributed by atoms with Crippen LogP contribution in [0.4, 0.5) is 22.0 Å². The predicted octanol–water partition coefficient (Wildman–Crippen LogP) is 4.47. The molecule has 0 fully saturated rings. The van der Waals surface area contributed by atoms with Gasteiger partial charge < -0.3 is 0 Å². The van der Waals surface area contributed by atoms with Gasteiger partial charge in [0.25, 0.3) is 0 Å². The summed E-state index contributed by atoms with van der Waals surface area (Å²) in [6.07, 6.45) is -5.33. The minimum Gasteiger partial charge on any atom is -0.233 e. The van der Waals surface area contributed by atoms with Gasteiger partial charge in [-0.1, -0.05) is 12.1 Å². The molecule has 90 valence electrons. The van der Waals surface area contributed by atoms with E-state index in [4.69, 9.17) is 0 Å². The van der Waals surface area contributed by atoms with Crippen LogP contribution in [-0.4, -0.2) is 11.2 Å². The molecule has 0 unspecified atom stereocenters. The smallest absolute Gasteiger partial charge is 0.233 e. The molecule has 0 radical (unpaired) electrons. The Balaban J connectivity index is 2.54. The third kappa shape index (κ3) is 2.28. The molecule has 7 heteroatoms. The van der Waals surface area contributed by atoms with Gasteiger partial charge >= 0.3 is 6.18 Å². The summed E-state index contributed by atoms with van der Waals surface area (Å²) < 4.78 is 62.2. The van der Waals surface area contributed by atoms with Crippen LogP contribution in [-0.2, 0) is 0 Å². The number of hydrogen-bond donors (Lipinski definition) is 0. The number of allylic oxidation sites excluding steroid dienone is 1. The van der Waals surface area contributed by atoms with E-state index in [0.717, 1.165) is 0 Å². The lowest BCUT2D eigenvalue weighted by Gasteiger charge is -2.02. The first-order valence-electron chi connectivity index (χ1n) is 4.38. The zero-order chi connectivity index (χ0) is 12.6. The van der Waals surface area contributed by atoms with Crippen LogP contribution in [0.3, 0.4) is 0 Å². The van der Waals surface area contributed by atoms with Crippen molar-refractivity contribution < 1.29 is 22.0 Å². The van der Waals surface area contributed by atoms with Crippen molar-refractivity contribution in [3.63, 3.8) is 0 Å². The van der Waals surface area contributed by atoms with Crippen LogP contribution in [0.1, 0.15) is 5.01 Å². The van der Waals surface area contributed by atoms with E-state index in [0.29, 0.717) is 21.6 Å². The molecule has 0 aliphatic heterocycles. The summed E-state index contributed by atoms with van der Waals surface area (Å²) in [4.78, 5) is 3.59. The highest BCUT2D eigenvalue weighted by molar-refractivity contribution is 7.19. The highest BCUT2D eigenvalue weighted by atomic mass is 32.1. The zero-order valence-electron chi connectivity index (χ0n) is 8.05. The lowest BCUT2D eigenvalue weighted by Crippen LogP contribution is -2.09. The second kappa shape index (κ2) is 4.06. The number of para-hydroxylation sites is 1. The molecular weight excluding hydrogens is 261 g/mol. The van der Waals surface area contributed by atoms with Crippen molar-refractivity contribution in [2.75, 3.05) is 0 Å². The van der Waals surface area contributed by atoms with Crippen molar-refractivity contribution in [2.24, 2.45) is 0 Å². The fourth-order valence-corrected chi connectivity index (χ4v) is 2.08. The number of rotatable bonds is 1. The van der Waals surface area contributed by atoms with E-state index in [9.17, 15) is 22.0 Å². The molecule has 2 aromatic rings. The SMILES string of the molecule is F/C(=C(\F)C(F)(F)F)c1nc2ccccc2s1. The van der Waals surface area contributed by atoms with Gasteiger partial charge in [-0.25, -0.2) is 9.37 Å². The third-order valence-electron chi connectivity index (χ3n) is 1.92. The van der Waals surface area contributed by atoms with E-state index in [2.05, 4.69) is 4.98 Å². The molecule has 0 N–H and O–H groups in total. The molecule has 0 spiro atoms. The molecule has 0 atom stereocenters. The maximum absolute atomic E-state index is 13.2. The van der Waals surface area contributed by atoms with E-state index in [1.165, 1.54) is 6.07 Å². The van der Waals surface area contributed by atoms with Gasteiger partial charge in [0.05, 0.1) is 10.2 Å². The highest BCUT2D eigenvalue weighted by Crippen LogP contribution is 2.36. The average molecular weight is 265 g/mol.